The number of nitrogens with one attached hydrogen (secondary N) is 1. The zero-order valence-corrected chi connectivity index (χ0v) is 10.7. The molecule has 3 nitrogen and oxygen atoms in total. The fourth-order valence-electron chi connectivity index (χ4n) is 2.54. The van der Waals surface area contributed by atoms with E-state index in [1.54, 1.807) is 0 Å². The maximum absolute atomic E-state index is 5.47. The monoisotopic (exact) mass is 247 g/mol. The summed E-state index contributed by atoms with van der Waals surface area (Å²) in [7, 11) is 0. The molecule has 2 aliphatic rings. The first kappa shape index (κ1) is 12.2. The minimum absolute atomic E-state index is 0.0398. The van der Waals surface area contributed by atoms with Gasteiger partial charge in [0, 0.05) is 12.6 Å². The van der Waals surface area contributed by atoms with Crippen LogP contribution in [-0.2, 0) is 15.9 Å². The summed E-state index contributed by atoms with van der Waals surface area (Å²) in [5.41, 5.74) is 1.41. The molecule has 1 saturated carbocycles. The van der Waals surface area contributed by atoms with E-state index in [1.807, 2.05) is 0 Å². The average Bonchev–Trinajstić information content (AvgIpc) is 3.12. The summed E-state index contributed by atoms with van der Waals surface area (Å²) < 4.78 is 10.9. The molecule has 0 spiro atoms. The van der Waals surface area contributed by atoms with Crippen molar-refractivity contribution in [1.82, 2.24) is 5.32 Å². The van der Waals surface area contributed by atoms with Crippen molar-refractivity contribution >= 4 is 0 Å². The van der Waals surface area contributed by atoms with Gasteiger partial charge in [0.25, 0.3) is 0 Å². The van der Waals surface area contributed by atoms with Gasteiger partial charge in [-0.25, -0.2) is 0 Å². The molecule has 1 N–H and O–H groups in total. The van der Waals surface area contributed by atoms with Crippen molar-refractivity contribution in [3.63, 3.8) is 0 Å². The van der Waals surface area contributed by atoms with E-state index in [1.165, 1.54) is 18.4 Å². The molecule has 0 unspecified atom stereocenters. The normalized spacial score (nSPS) is 22.2. The van der Waals surface area contributed by atoms with Gasteiger partial charge in [-0.2, -0.15) is 0 Å². The lowest BCUT2D eigenvalue weighted by Gasteiger charge is -2.20. The molecular formula is C15H21NO2. The molecule has 3 heteroatoms. The van der Waals surface area contributed by atoms with Gasteiger partial charge >= 0.3 is 0 Å². The second-order valence-corrected chi connectivity index (χ2v) is 5.21. The molecule has 98 valence electrons. The minimum atomic E-state index is -0.0398. The standard InChI is InChI=1S/C15H21NO2/c1-2-4-12(5-3-1)10-14(13-6-7-13)16-11-15-17-8-9-18-15/h1-5,13-16H,6-11H2/t14-/m1/s1. The Kier molecular flexibility index (Phi) is 3.93. The highest BCUT2D eigenvalue weighted by molar-refractivity contribution is 5.16. The smallest absolute Gasteiger partial charge is 0.170 e. The van der Waals surface area contributed by atoms with E-state index in [4.69, 9.17) is 9.47 Å². The predicted molar refractivity (Wildman–Crippen MR) is 70.4 cm³/mol. The summed E-state index contributed by atoms with van der Waals surface area (Å²) in [6, 6.07) is 11.3. The van der Waals surface area contributed by atoms with Crippen molar-refractivity contribution in [2.45, 2.75) is 31.6 Å². The van der Waals surface area contributed by atoms with Crippen molar-refractivity contribution in [1.29, 1.82) is 0 Å². The first-order valence-corrected chi connectivity index (χ1v) is 6.92. The Morgan fingerprint density at radius 3 is 2.50 bits per heavy atom. The highest BCUT2D eigenvalue weighted by Gasteiger charge is 2.31. The van der Waals surface area contributed by atoms with Crippen LogP contribution in [0.4, 0.5) is 0 Å². The fraction of sp³-hybridized carbons (Fsp3) is 0.600. The van der Waals surface area contributed by atoms with Crippen LogP contribution in [0, 0.1) is 5.92 Å². The van der Waals surface area contributed by atoms with E-state index in [9.17, 15) is 0 Å². The Morgan fingerprint density at radius 2 is 1.83 bits per heavy atom. The third-order valence-electron chi connectivity index (χ3n) is 3.73. The minimum Gasteiger partial charge on any atom is -0.349 e. The van der Waals surface area contributed by atoms with E-state index in [-0.39, 0.29) is 6.29 Å². The van der Waals surface area contributed by atoms with Gasteiger partial charge in [-0.15, -0.1) is 0 Å². The van der Waals surface area contributed by atoms with Crippen LogP contribution in [0.5, 0.6) is 0 Å². The van der Waals surface area contributed by atoms with E-state index in [0.29, 0.717) is 6.04 Å². The average molecular weight is 247 g/mol. The molecule has 0 bridgehead atoms. The SMILES string of the molecule is c1ccc(C[C@@H](NCC2OCCO2)C2CC2)cc1. The Hall–Kier alpha value is -0.900. The third kappa shape index (κ3) is 3.31. The molecule has 1 saturated heterocycles. The molecular weight excluding hydrogens is 226 g/mol. The lowest BCUT2D eigenvalue weighted by molar-refractivity contribution is -0.0409. The zero-order chi connectivity index (χ0) is 12.2. The number of ether oxygens (including phenoxy) is 2. The second-order valence-electron chi connectivity index (χ2n) is 5.21. The quantitative estimate of drug-likeness (QED) is 0.833. The molecule has 1 aliphatic carbocycles. The molecule has 3 rings (SSSR count). The second kappa shape index (κ2) is 5.83. The van der Waals surface area contributed by atoms with Crippen LogP contribution in [0.1, 0.15) is 18.4 Å². The van der Waals surface area contributed by atoms with E-state index in [2.05, 4.69) is 35.6 Å². The zero-order valence-electron chi connectivity index (χ0n) is 10.7. The summed E-state index contributed by atoms with van der Waals surface area (Å²) >= 11 is 0. The summed E-state index contributed by atoms with van der Waals surface area (Å²) in [5.74, 6) is 0.839. The van der Waals surface area contributed by atoms with Gasteiger partial charge in [0.05, 0.1) is 13.2 Å². The van der Waals surface area contributed by atoms with Crippen molar-refractivity contribution in [3.8, 4) is 0 Å². The highest BCUT2D eigenvalue weighted by atomic mass is 16.7. The number of benzene rings is 1. The van der Waals surface area contributed by atoms with Gasteiger partial charge in [0.15, 0.2) is 6.29 Å². The van der Waals surface area contributed by atoms with Crippen LogP contribution in [0.25, 0.3) is 0 Å². The van der Waals surface area contributed by atoms with Gasteiger partial charge in [-0.3, -0.25) is 0 Å². The molecule has 1 heterocycles. The molecule has 2 fully saturated rings. The third-order valence-corrected chi connectivity index (χ3v) is 3.73. The first-order valence-electron chi connectivity index (χ1n) is 6.92. The molecule has 0 radical (unpaired) electrons. The van der Waals surface area contributed by atoms with Crippen molar-refractivity contribution in [3.05, 3.63) is 35.9 Å². The lowest BCUT2D eigenvalue weighted by Crippen LogP contribution is -2.38. The molecule has 1 atom stereocenters. The van der Waals surface area contributed by atoms with Crippen LogP contribution in [-0.4, -0.2) is 32.1 Å². The number of hydrogen-bond acceptors (Lipinski definition) is 3. The number of rotatable bonds is 6. The molecule has 1 aromatic carbocycles. The molecule has 1 aromatic rings. The van der Waals surface area contributed by atoms with Gasteiger partial charge in [-0.05, 0) is 30.7 Å². The van der Waals surface area contributed by atoms with E-state index < -0.39 is 0 Å². The topological polar surface area (TPSA) is 30.5 Å². The molecule has 1 aliphatic heterocycles. The van der Waals surface area contributed by atoms with E-state index >= 15 is 0 Å². The Labute approximate surface area is 108 Å². The fourth-order valence-corrected chi connectivity index (χ4v) is 2.54. The van der Waals surface area contributed by atoms with Crippen LogP contribution in [0.15, 0.2) is 30.3 Å². The van der Waals surface area contributed by atoms with Gasteiger partial charge < -0.3 is 14.8 Å². The van der Waals surface area contributed by atoms with Crippen molar-refractivity contribution < 1.29 is 9.47 Å². The predicted octanol–water partition coefficient (Wildman–Crippen LogP) is 1.97. The van der Waals surface area contributed by atoms with Gasteiger partial charge in [0.1, 0.15) is 0 Å². The first-order chi connectivity index (χ1) is 8.92. The Balaban J connectivity index is 1.52. The molecule has 0 aromatic heterocycles. The summed E-state index contributed by atoms with van der Waals surface area (Å²) in [6.07, 6.45) is 3.79. The lowest BCUT2D eigenvalue weighted by atomic mass is 10.0. The summed E-state index contributed by atoms with van der Waals surface area (Å²) in [5, 5.41) is 3.62. The van der Waals surface area contributed by atoms with Gasteiger partial charge in [-0.1, -0.05) is 30.3 Å². The maximum Gasteiger partial charge on any atom is 0.170 e. The molecule has 18 heavy (non-hydrogen) atoms. The van der Waals surface area contributed by atoms with Crippen LogP contribution in [0.2, 0.25) is 0 Å². The Morgan fingerprint density at radius 1 is 1.11 bits per heavy atom. The highest BCUT2D eigenvalue weighted by Crippen LogP contribution is 2.34. The van der Waals surface area contributed by atoms with Crippen LogP contribution in [0.3, 0.4) is 0 Å². The summed E-state index contributed by atoms with van der Waals surface area (Å²) in [6.45, 7) is 2.28. The summed E-state index contributed by atoms with van der Waals surface area (Å²) in [4.78, 5) is 0. The molecule has 0 amide bonds. The van der Waals surface area contributed by atoms with Crippen LogP contribution < -0.4 is 5.32 Å². The van der Waals surface area contributed by atoms with Crippen molar-refractivity contribution in [2.75, 3.05) is 19.8 Å². The number of hydrogen-bond donors (Lipinski definition) is 1. The van der Waals surface area contributed by atoms with E-state index in [0.717, 1.165) is 32.1 Å². The van der Waals surface area contributed by atoms with Gasteiger partial charge in [0.2, 0.25) is 0 Å². The largest absolute Gasteiger partial charge is 0.349 e. The van der Waals surface area contributed by atoms with Crippen molar-refractivity contribution in [2.24, 2.45) is 5.92 Å². The van der Waals surface area contributed by atoms with Crippen LogP contribution >= 0.6 is 0 Å². The Bertz CT molecular complexity index is 358. The maximum atomic E-state index is 5.47.